The zero-order valence-electron chi connectivity index (χ0n) is 13.3. The number of piperidine rings is 1. The third-order valence-electron chi connectivity index (χ3n) is 3.53. The fraction of sp³-hybridized carbons (Fsp3) is 0.625. The molecule has 0 aromatic carbocycles. The number of aromatic nitrogens is 1. The number of pyridine rings is 1. The summed E-state index contributed by atoms with van der Waals surface area (Å²) in [6.07, 6.45) is 3.77. The molecular weight excluding hydrogens is 266 g/mol. The molecule has 2 heterocycles. The molecule has 1 saturated heterocycles. The topological polar surface area (TPSA) is 54.5 Å². The van der Waals surface area contributed by atoms with Crippen LogP contribution in [0, 0.1) is 5.92 Å². The fourth-order valence-electron chi connectivity index (χ4n) is 2.32. The Morgan fingerprint density at radius 3 is 2.52 bits per heavy atom. The van der Waals surface area contributed by atoms with Gasteiger partial charge in [0.25, 0.3) is 0 Å². The molecule has 0 radical (unpaired) electrons. The number of rotatable bonds is 2. The van der Waals surface area contributed by atoms with Crippen molar-refractivity contribution >= 4 is 17.6 Å². The van der Waals surface area contributed by atoms with Gasteiger partial charge < -0.3 is 9.64 Å². The van der Waals surface area contributed by atoms with E-state index in [1.165, 1.54) is 12.8 Å². The van der Waals surface area contributed by atoms with Crippen LogP contribution in [0.4, 0.5) is 16.3 Å². The summed E-state index contributed by atoms with van der Waals surface area (Å²) in [4.78, 5) is 18.3. The number of carbonyl (C=O) groups excluding carboxylic acids is 1. The van der Waals surface area contributed by atoms with E-state index in [1.54, 1.807) is 0 Å². The van der Waals surface area contributed by atoms with Crippen LogP contribution >= 0.6 is 0 Å². The highest BCUT2D eigenvalue weighted by molar-refractivity contribution is 5.83. The molecule has 116 valence electrons. The molecule has 0 unspecified atom stereocenters. The SMILES string of the molecule is CC1CCN(c2ccc(NC(=O)OC(C)(C)C)nc2)CC1. The van der Waals surface area contributed by atoms with Crippen molar-refractivity contribution in [1.82, 2.24) is 4.98 Å². The van der Waals surface area contributed by atoms with E-state index in [4.69, 9.17) is 4.74 Å². The number of hydrogen-bond acceptors (Lipinski definition) is 4. The van der Waals surface area contributed by atoms with Gasteiger partial charge in [0.15, 0.2) is 0 Å². The summed E-state index contributed by atoms with van der Waals surface area (Å²) in [6, 6.07) is 3.81. The zero-order valence-corrected chi connectivity index (χ0v) is 13.3. The van der Waals surface area contributed by atoms with Gasteiger partial charge in [-0.25, -0.2) is 9.78 Å². The van der Waals surface area contributed by atoms with E-state index in [1.807, 2.05) is 39.1 Å². The molecular formula is C16H25N3O2. The van der Waals surface area contributed by atoms with Crippen LogP contribution in [0.25, 0.3) is 0 Å². The van der Waals surface area contributed by atoms with Gasteiger partial charge in [-0.15, -0.1) is 0 Å². The molecule has 0 spiro atoms. The highest BCUT2D eigenvalue weighted by atomic mass is 16.6. The first-order valence-electron chi connectivity index (χ1n) is 7.54. The van der Waals surface area contributed by atoms with E-state index >= 15 is 0 Å². The molecule has 1 amide bonds. The molecule has 1 aliphatic rings. The Morgan fingerprint density at radius 1 is 1.33 bits per heavy atom. The second kappa shape index (κ2) is 6.33. The number of nitrogens with one attached hydrogen (secondary N) is 1. The molecule has 1 aliphatic heterocycles. The molecule has 5 nitrogen and oxygen atoms in total. The molecule has 21 heavy (non-hydrogen) atoms. The van der Waals surface area contributed by atoms with Gasteiger partial charge in [-0.3, -0.25) is 5.32 Å². The number of ether oxygens (including phenoxy) is 1. The first kappa shape index (κ1) is 15.6. The van der Waals surface area contributed by atoms with Crippen molar-refractivity contribution in [2.45, 2.75) is 46.1 Å². The van der Waals surface area contributed by atoms with Crippen LogP contribution < -0.4 is 10.2 Å². The summed E-state index contributed by atoms with van der Waals surface area (Å²) >= 11 is 0. The Balaban J connectivity index is 1.91. The lowest BCUT2D eigenvalue weighted by molar-refractivity contribution is 0.0635. The minimum Gasteiger partial charge on any atom is -0.444 e. The normalized spacial score (nSPS) is 16.7. The van der Waals surface area contributed by atoms with Crippen LogP contribution in [0.5, 0.6) is 0 Å². The minimum absolute atomic E-state index is 0.477. The lowest BCUT2D eigenvalue weighted by atomic mass is 9.99. The summed E-state index contributed by atoms with van der Waals surface area (Å²) in [5, 5.41) is 2.64. The molecule has 1 aromatic heterocycles. The van der Waals surface area contributed by atoms with Crippen molar-refractivity contribution in [3.05, 3.63) is 18.3 Å². The number of anilines is 2. The molecule has 5 heteroatoms. The maximum atomic E-state index is 11.7. The largest absolute Gasteiger partial charge is 0.444 e. The lowest BCUT2D eigenvalue weighted by Crippen LogP contribution is -2.32. The Kier molecular flexibility index (Phi) is 4.70. The van der Waals surface area contributed by atoms with E-state index in [0.717, 1.165) is 24.7 Å². The predicted octanol–water partition coefficient (Wildman–Crippen LogP) is 3.66. The van der Waals surface area contributed by atoms with Gasteiger partial charge in [0.1, 0.15) is 11.4 Å². The summed E-state index contributed by atoms with van der Waals surface area (Å²) in [7, 11) is 0. The van der Waals surface area contributed by atoms with Crippen LogP contribution in [0.15, 0.2) is 18.3 Å². The van der Waals surface area contributed by atoms with Crippen LogP contribution in [0.1, 0.15) is 40.5 Å². The van der Waals surface area contributed by atoms with Crippen LogP contribution in [-0.2, 0) is 4.74 Å². The molecule has 1 N–H and O–H groups in total. The summed E-state index contributed by atoms with van der Waals surface area (Å²) in [5.74, 6) is 1.32. The first-order valence-corrected chi connectivity index (χ1v) is 7.54. The average molecular weight is 291 g/mol. The predicted molar refractivity (Wildman–Crippen MR) is 84.7 cm³/mol. The summed E-state index contributed by atoms with van der Waals surface area (Å²) in [5.41, 5.74) is 0.603. The van der Waals surface area contributed by atoms with Crippen molar-refractivity contribution in [3.63, 3.8) is 0 Å². The molecule has 0 aliphatic carbocycles. The van der Waals surface area contributed by atoms with Gasteiger partial charge in [0.05, 0.1) is 11.9 Å². The lowest BCUT2D eigenvalue weighted by Gasteiger charge is -2.31. The Hall–Kier alpha value is -1.78. The molecule has 1 aromatic rings. The van der Waals surface area contributed by atoms with Crippen LogP contribution in [-0.4, -0.2) is 29.8 Å². The van der Waals surface area contributed by atoms with Crippen molar-refractivity contribution in [1.29, 1.82) is 0 Å². The maximum Gasteiger partial charge on any atom is 0.413 e. The Bertz CT molecular complexity index is 471. The number of hydrogen-bond donors (Lipinski definition) is 1. The van der Waals surface area contributed by atoms with Crippen molar-refractivity contribution in [2.24, 2.45) is 5.92 Å². The number of amides is 1. The minimum atomic E-state index is -0.505. The van der Waals surface area contributed by atoms with E-state index in [-0.39, 0.29) is 0 Å². The highest BCUT2D eigenvalue weighted by Gasteiger charge is 2.18. The second-order valence-corrected chi connectivity index (χ2v) is 6.70. The van der Waals surface area contributed by atoms with Gasteiger partial charge in [-0.1, -0.05) is 6.92 Å². The van der Waals surface area contributed by atoms with Crippen molar-refractivity contribution < 1.29 is 9.53 Å². The molecule has 0 saturated carbocycles. The van der Waals surface area contributed by atoms with Gasteiger partial charge in [-0.05, 0) is 51.7 Å². The highest BCUT2D eigenvalue weighted by Crippen LogP contribution is 2.23. The molecule has 2 rings (SSSR count). The third kappa shape index (κ3) is 4.92. The van der Waals surface area contributed by atoms with Gasteiger partial charge in [-0.2, -0.15) is 0 Å². The Morgan fingerprint density at radius 2 is 2.00 bits per heavy atom. The van der Waals surface area contributed by atoms with E-state index < -0.39 is 11.7 Å². The van der Waals surface area contributed by atoms with Crippen molar-refractivity contribution in [3.8, 4) is 0 Å². The fourth-order valence-corrected chi connectivity index (χ4v) is 2.32. The van der Waals surface area contributed by atoms with E-state index in [9.17, 15) is 4.79 Å². The monoisotopic (exact) mass is 291 g/mol. The summed E-state index contributed by atoms with van der Waals surface area (Å²) < 4.78 is 5.20. The van der Waals surface area contributed by atoms with Gasteiger partial charge >= 0.3 is 6.09 Å². The first-order chi connectivity index (χ1) is 9.83. The van der Waals surface area contributed by atoms with E-state index in [0.29, 0.717) is 5.82 Å². The smallest absolute Gasteiger partial charge is 0.413 e. The zero-order chi connectivity index (χ0) is 15.5. The molecule has 0 atom stereocenters. The van der Waals surface area contributed by atoms with Crippen molar-refractivity contribution in [2.75, 3.05) is 23.3 Å². The van der Waals surface area contributed by atoms with Crippen LogP contribution in [0.2, 0.25) is 0 Å². The number of carbonyl (C=O) groups is 1. The quantitative estimate of drug-likeness (QED) is 0.903. The Labute approximate surface area is 126 Å². The van der Waals surface area contributed by atoms with E-state index in [2.05, 4.69) is 22.1 Å². The standard InChI is InChI=1S/C16H25N3O2/c1-12-7-9-19(10-8-12)13-5-6-14(17-11-13)18-15(20)21-16(2,3)4/h5-6,11-12H,7-10H2,1-4H3,(H,17,18,20). The van der Waals surface area contributed by atoms with Gasteiger partial charge in [0.2, 0.25) is 0 Å². The van der Waals surface area contributed by atoms with Gasteiger partial charge in [0, 0.05) is 13.1 Å². The molecule has 0 bridgehead atoms. The third-order valence-corrected chi connectivity index (χ3v) is 3.53. The number of nitrogens with zero attached hydrogens (tertiary/aromatic N) is 2. The molecule has 1 fully saturated rings. The second-order valence-electron chi connectivity index (χ2n) is 6.70. The summed E-state index contributed by atoms with van der Waals surface area (Å²) in [6.45, 7) is 9.94. The van der Waals surface area contributed by atoms with Crippen LogP contribution in [0.3, 0.4) is 0 Å². The maximum absolute atomic E-state index is 11.7. The average Bonchev–Trinajstić information content (AvgIpc) is 2.38.